The van der Waals surface area contributed by atoms with E-state index in [4.69, 9.17) is 35.4 Å². The first-order valence-corrected chi connectivity index (χ1v) is 9.82. The van der Waals surface area contributed by atoms with Crippen LogP contribution >= 0.6 is 0 Å². The second kappa shape index (κ2) is 11.9. The Morgan fingerprint density at radius 1 is 0.788 bits per heavy atom. The highest BCUT2D eigenvalue weighted by molar-refractivity contribution is 5.61. The van der Waals surface area contributed by atoms with Gasteiger partial charge in [0.25, 0.3) is 5.69 Å². The number of aliphatic hydroxyl groups is 9. The molecule has 3 rings (SSSR count). The Hall–Kier alpha value is -2.02. The summed E-state index contributed by atoms with van der Waals surface area (Å²) < 4.78 is 9.80. The number of nitro groups is 1. The van der Waals surface area contributed by atoms with Crippen molar-refractivity contribution in [3.63, 3.8) is 0 Å². The molecule has 10 N–H and O–H groups in total. The molecule has 0 amide bonds. The molecular weight excluding hydrogens is 452 g/mol. The van der Waals surface area contributed by atoms with Gasteiger partial charge in [0.2, 0.25) is 0 Å². The van der Waals surface area contributed by atoms with Gasteiger partial charge in [-0.05, 0) is 6.07 Å². The molecule has 0 radical (unpaired) electrons. The number of anilines is 1. The van der Waals surface area contributed by atoms with Crippen molar-refractivity contribution in [2.75, 3.05) is 18.5 Å². The summed E-state index contributed by atoms with van der Waals surface area (Å²) in [4.78, 5) is 10.3. The Balaban J connectivity index is 0.000000273. The van der Waals surface area contributed by atoms with Gasteiger partial charge < -0.3 is 60.7 Å². The largest absolute Gasteiger partial charge is 0.394 e. The summed E-state index contributed by atoms with van der Waals surface area (Å²) in [6.45, 7) is -1.10. The standard InChI is InChI=1S/C12H16N2O7.C6H12O6/c15-5-8-9(16)10(17)11(18)12(21-8)13-6-3-1-2-4-7(6)14(19)20;7-1-2-3(8)4(9)5(10)6(11)12-2/h1-4,8-13,15-18H,5H2;2-11H,1H2/t8?,9-,10+,11?,12?;2?,3-,4+,5?,6?/m11/s1. The number of nitrogens with one attached hydrogen (secondary N) is 1. The zero-order chi connectivity index (χ0) is 24.9. The van der Waals surface area contributed by atoms with Gasteiger partial charge >= 0.3 is 0 Å². The van der Waals surface area contributed by atoms with Gasteiger partial charge in [0.1, 0.15) is 54.5 Å². The first kappa shape index (κ1) is 27.2. The molecule has 33 heavy (non-hydrogen) atoms. The Kier molecular flexibility index (Phi) is 9.83. The van der Waals surface area contributed by atoms with E-state index in [0.717, 1.165) is 0 Å². The maximum Gasteiger partial charge on any atom is 0.292 e. The van der Waals surface area contributed by atoms with Crippen LogP contribution in [0.5, 0.6) is 0 Å². The first-order chi connectivity index (χ1) is 15.5. The van der Waals surface area contributed by atoms with Crippen LogP contribution in [0, 0.1) is 10.1 Å². The van der Waals surface area contributed by atoms with Crippen molar-refractivity contribution >= 4 is 11.4 Å². The number of hydrogen-bond donors (Lipinski definition) is 10. The molecule has 2 fully saturated rings. The smallest absolute Gasteiger partial charge is 0.292 e. The molecule has 10 atom stereocenters. The second-order valence-electron chi connectivity index (χ2n) is 7.39. The molecule has 15 heteroatoms. The summed E-state index contributed by atoms with van der Waals surface area (Å²) >= 11 is 0. The molecule has 1 aromatic carbocycles. The van der Waals surface area contributed by atoms with Gasteiger partial charge in [-0.15, -0.1) is 0 Å². The number of aliphatic hydroxyl groups excluding tert-OH is 9. The fourth-order valence-electron chi connectivity index (χ4n) is 3.21. The Morgan fingerprint density at radius 3 is 1.85 bits per heavy atom. The number of ether oxygens (including phenoxy) is 2. The molecule has 0 aromatic heterocycles. The van der Waals surface area contributed by atoms with Crippen molar-refractivity contribution < 1.29 is 60.4 Å². The average molecular weight is 480 g/mol. The highest BCUT2D eigenvalue weighted by Gasteiger charge is 2.44. The number of nitrogens with zero attached hydrogens (tertiary/aromatic N) is 1. The van der Waals surface area contributed by atoms with Crippen molar-refractivity contribution in [3.8, 4) is 0 Å². The molecule has 15 nitrogen and oxygen atoms in total. The maximum atomic E-state index is 10.9. The van der Waals surface area contributed by atoms with Crippen molar-refractivity contribution in [2.24, 2.45) is 0 Å². The third kappa shape index (κ3) is 6.31. The van der Waals surface area contributed by atoms with Crippen LogP contribution < -0.4 is 5.32 Å². The third-order valence-electron chi connectivity index (χ3n) is 5.16. The van der Waals surface area contributed by atoms with Crippen LogP contribution in [0.1, 0.15) is 0 Å². The molecule has 0 saturated carbocycles. The number of nitro benzene ring substituents is 1. The minimum atomic E-state index is -1.57. The summed E-state index contributed by atoms with van der Waals surface area (Å²) in [5.74, 6) is 0. The molecule has 0 aliphatic carbocycles. The lowest BCUT2D eigenvalue weighted by Crippen LogP contribution is -2.60. The van der Waals surface area contributed by atoms with E-state index in [1.807, 2.05) is 0 Å². The van der Waals surface area contributed by atoms with Gasteiger partial charge in [0.05, 0.1) is 18.1 Å². The van der Waals surface area contributed by atoms with Crippen LogP contribution in [0.15, 0.2) is 24.3 Å². The van der Waals surface area contributed by atoms with Crippen molar-refractivity contribution in [1.29, 1.82) is 0 Å². The molecule has 188 valence electrons. The predicted octanol–water partition coefficient (Wildman–Crippen LogP) is -4.41. The zero-order valence-electron chi connectivity index (χ0n) is 17.1. The quantitative estimate of drug-likeness (QED) is 0.141. The van der Waals surface area contributed by atoms with Crippen LogP contribution in [-0.4, -0.2) is 125 Å². The fourth-order valence-corrected chi connectivity index (χ4v) is 3.21. The van der Waals surface area contributed by atoms with E-state index in [1.54, 1.807) is 6.07 Å². The van der Waals surface area contributed by atoms with Gasteiger partial charge in [-0.1, -0.05) is 12.1 Å². The monoisotopic (exact) mass is 480 g/mol. The highest BCUT2D eigenvalue weighted by Crippen LogP contribution is 2.28. The van der Waals surface area contributed by atoms with Crippen LogP contribution in [0.4, 0.5) is 11.4 Å². The van der Waals surface area contributed by atoms with E-state index in [0.29, 0.717) is 0 Å². The molecule has 0 spiro atoms. The molecule has 2 aliphatic heterocycles. The van der Waals surface area contributed by atoms with E-state index in [2.05, 4.69) is 10.1 Å². The van der Waals surface area contributed by atoms with Gasteiger partial charge in [0.15, 0.2) is 12.5 Å². The van der Waals surface area contributed by atoms with Crippen LogP contribution in [0.3, 0.4) is 0 Å². The van der Waals surface area contributed by atoms with E-state index in [1.165, 1.54) is 18.2 Å². The van der Waals surface area contributed by atoms with Crippen molar-refractivity contribution in [2.45, 2.75) is 61.3 Å². The maximum absolute atomic E-state index is 10.9. The van der Waals surface area contributed by atoms with E-state index in [-0.39, 0.29) is 11.4 Å². The molecule has 2 aliphatic rings. The lowest BCUT2D eigenvalue weighted by Gasteiger charge is -2.40. The average Bonchev–Trinajstić information content (AvgIpc) is 2.81. The Bertz CT molecular complexity index is 764. The normalized spacial score (nSPS) is 38.7. The van der Waals surface area contributed by atoms with Gasteiger partial charge in [-0.3, -0.25) is 10.1 Å². The summed E-state index contributed by atoms with van der Waals surface area (Å²) in [5.41, 5.74) is -0.138. The topological polar surface area (TPSA) is 256 Å². The van der Waals surface area contributed by atoms with Crippen LogP contribution in [0.2, 0.25) is 0 Å². The van der Waals surface area contributed by atoms with E-state index < -0.39 is 79.5 Å². The van der Waals surface area contributed by atoms with Gasteiger partial charge in [-0.2, -0.15) is 0 Å². The highest BCUT2D eigenvalue weighted by atomic mass is 16.6. The Labute approximate surface area is 186 Å². The molecule has 2 saturated heterocycles. The number of para-hydroxylation sites is 2. The SMILES string of the molecule is O=[N+]([O-])c1ccccc1NC1OC(CO)[C@@H](O)[C@H](O)C1O.OCC1OC(O)C(O)[C@@H](O)[C@@H]1O. The molecular formula is C18H28N2O13. The predicted molar refractivity (Wildman–Crippen MR) is 106 cm³/mol. The summed E-state index contributed by atoms with van der Waals surface area (Å²) in [7, 11) is 0. The molecule has 1 aromatic rings. The summed E-state index contributed by atoms with van der Waals surface area (Å²) in [6, 6.07) is 5.72. The van der Waals surface area contributed by atoms with Crippen molar-refractivity contribution in [1.82, 2.24) is 0 Å². The summed E-state index contributed by atoms with van der Waals surface area (Å²) in [5, 5.41) is 96.4. The van der Waals surface area contributed by atoms with Gasteiger partial charge in [-0.25, -0.2) is 0 Å². The first-order valence-electron chi connectivity index (χ1n) is 9.82. The number of benzene rings is 1. The van der Waals surface area contributed by atoms with E-state index >= 15 is 0 Å². The summed E-state index contributed by atoms with van der Waals surface area (Å²) in [6.07, 6.45) is -13.9. The lowest BCUT2D eigenvalue weighted by atomic mass is 9.98. The van der Waals surface area contributed by atoms with Crippen LogP contribution in [-0.2, 0) is 9.47 Å². The minimum Gasteiger partial charge on any atom is -0.394 e. The lowest BCUT2D eigenvalue weighted by molar-refractivity contribution is -0.384. The number of hydrogen-bond acceptors (Lipinski definition) is 14. The number of rotatable bonds is 5. The second-order valence-corrected chi connectivity index (χ2v) is 7.39. The van der Waals surface area contributed by atoms with Gasteiger partial charge in [0, 0.05) is 6.07 Å². The molecule has 0 bridgehead atoms. The third-order valence-corrected chi connectivity index (χ3v) is 5.16. The van der Waals surface area contributed by atoms with Crippen LogP contribution in [0.25, 0.3) is 0 Å². The van der Waals surface area contributed by atoms with E-state index in [9.17, 15) is 25.4 Å². The minimum absolute atomic E-state index is 0.0897. The molecule has 6 unspecified atom stereocenters. The fraction of sp³-hybridized carbons (Fsp3) is 0.667. The molecule has 2 heterocycles. The zero-order valence-corrected chi connectivity index (χ0v) is 17.1. The van der Waals surface area contributed by atoms with Crippen molar-refractivity contribution in [3.05, 3.63) is 34.4 Å². The Morgan fingerprint density at radius 2 is 1.30 bits per heavy atom.